The first kappa shape index (κ1) is 16.0. The molecule has 3 N–H and O–H groups in total. The number of aromatic amines is 1. The Balaban J connectivity index is 2.81. The summed E-state index contributed by atoms with van der Waals surface area (Å²) in [5, 5.41) is 9.21. The third-order valence-corrected chi connectivity index (χ3v) is 3.28. The molecule has 1 rings (SSSR count). The molecule has 0 aromatic carbocycles. The summed E-state index contributed by atoms with van der Waals surface area (Å²) in [5.41, 5.74) is 6.05. The maximum Gasteiger partial charge on any atom is 0.251 e. The van der Waals surface area contributed by atoms with Gasteiger partial charge in [-0.1, -0.05) is 25.1 Å². The van der Waals surface area contributed by atoms with Gasteiger partial charge in [0.15, 0.2) is 10.9 Å². The standard InChI is InChI=1S/C13H16N4O2S/c1-3-4-9-5-12(19)17-13(16-9)20-7-11(18)10(6-14)8(2)15/h5H,3-4,7,15H2,1-2H3,(H,16,17,19). The first-order valence-corrected chi connectivity index (χ1v) is 7.09. The zero-order valence-corrected chi connectivity index (χ0v) is 12.2. The second-order valence-corrected chi connectivity index (χ2v) is 5.14. The number of nitrogens with two attached hydrogens (primary N) is 1. The molecule has 0 amide bonds. The van der Waals surface area contributed by atoms with Crippen molar-refractivity contribution < 1.29 is 4.79 Å². The van der Waals surface area contributed by atoms with E-state index in [1.54, 1.807) is 6.07 Å². The van der Waals surface area contributed by atoms with Crippen molar-refractivity contribution in [3.8, 4) is 6.07 Å². The summed E-state index contributed by atoms with van der Waals surface area (Å²) in [4.78, 5) is 30.0. The number of nitrogens with zero attached hydrogens (tertiary/aromatic N) is 2. The maximum atomic E-state index is 11.8. The van der Waals surface area contributed by atoms with Gasteiger partial charge < -0.3 is 10.7 Å². The van der Waals surface area contributed by atoms with Gasteiger partial charge in [0.05, 0.1) is 5.75 Å². The lowest BCUT2D eigenvalue weighted by Crippen LogP contribution is -2.13. The molecule has 0 atom stereocenters. The molecule has 20 heavy (non-hydrogen) atoms. The normalized spacial score (nSPS) is 11.7. The number of carbonyl (C=O) groups is 1. The summed E-state index contributed by atoms with van der Waals surface area (Å²) >= 11 is 1.09. The van der Waals surface area contributed by atoms with Crippen LogP contribution in [0.25, 0.3) is 0 Å². The molecule has 0 saturated heterocycles. The Morgan fingerprint density at radius 2 is 2.30 bits per heavy atom. The Morgan fingerprint density at radius 1 is 1.60 bits per heavy atom. The van der Waals surface area contributed by atoms with E-state index in [0.717, 1.165) is 18.2 Å². The third-order valence-electron chi connectivity index (χ3n) is 2.40. The quantitative estimate of drug-likeness (QED) is 0.352. The highest BCUT2D eigenvalue weighted by Crippen LogP contribution is 2.14. The van der Waals surface area contributed by atoms with Crippen molar-refractivity contribution in [3.05, 3.63) is 33.4 Å². The Labute approximate surface area is 121 Å². The largest absolute Gasteiger partial charge is 0.401 e. The zero-order valence-electron chi connectivity index (χ0n) is 11.4. The predicted molar refractivity (Wildman–Crippen MR) is 77.1 cm³/mol. The molecular weight excluding hydrogens is 276 g/mol. The van der Waals surface area contributed by atoms with Crippen LogP contribution in [0, 0.1) is 11.3 Å². The first-order valence-electron chi connectivity index (χ1n) is 6.10. The Bertz CT molecular complexity index is 624. The number of ketones is 1. The molecule has 0 aliphatic heterocycles. The summed E-state index contributed by atoms with van der Waals surface area (Å²) < 4.78 is 0. The van der Waals surface area contributed by atoms with E-state index in [4.69, 9.17) is 11.0 Å². The summed E-state index contributed by atoms with van der Waals surface area (Å²) in [6.07, 6.45) is 1.59. The van der Waals surface area contributed by atoms with Crippen LogP contribution in [0.15, 0.2) is 27.3 Å². The lowest BCUT2D eigenvalue weighted by molar-refractivity contribution is -0.112. The SMILES string of the molecule is CCCc1cc(=O)[nH]c(SCC(=O)C(C#N)=C(C)N)n1. The lowest BCUT2D eigenvalue weighted by atomic mass is 10.2. The number of thioether (sulfide) groups is 1. The molecule has 0 bridgehead atoms. The van der Waals surface area contributed by atoms with Gasteiger partial charge in [0.2, 0.25) is 0 Å². The van der Waals surface area contributed by atoms with Crippen LogP contribution in [-0.4, -0.2) is 21.5 Å². The highest BCUT2D eigenvalue weighted by atomic mass is 32.2. The van der Waals surface area contributed by atoms with Crippen LogP contribution in [0.2, 0.25) is 0 Å². The predicted octanol–water partition coefficient (Wildman–Crippen LogP) is 1.14. The Hall–Kier alpha value is -2.07. The van der Waals surface area contributed by atoms with Gasteiger partial charge in [-0.05, 0) is 13.3 Å². The number of H-pyrrole nitrogens is 1. The molecule has 0 spiro atoms. The smallest absolute Gasteiger partial charge is 0.251 e. The van der Waals surface area contributed by atoms with E-state index in [0.29, 0.717) is 17.3 Å². The molecule has 0 saturated carbocycles. The highest BCUT2D eigenvalue weighted by Gasteiger charge is 2.13. The van der Waals surface area contributed by atoms with E-state index in [2.05, 4.69) is 9.97 Å². The van der Waals surface area contributed by atoms with Crippen LogP contribution < -0.4 is 11.3 Å². The van der Waals surface area contributed by atoms with Crippen molar-refractivity contribution in [1.29, 1.82) is 5.26 Å². The molecule has 1 aromatic heterocycles. The van der Waals surface area contributed by atoms with Gasteiger partial charge in [0.25, 0.3) is 5.56 Å². The molecular formula is C13H16N4O2S. The number of nitrogens with one attached hydrogen (secondary N) is 1. The van der Waals surface area contributed by atoms with Crippen molar-refractivity contribution in [3.63, 3.8) is 0 Å². The van der Waals surface area contributed by atoms with Crippen LogP contribution in [0.4, 0.5) is 0 Å². The maximum absolute atomic E-state index is 11.8. The molecule has 0 unspecified atom stereocenters. The van der Waals surface area contributed by atoms with Crippen molar-refractivity contribution in [2.24, 2.45) is 5.73 Å². The number of hydrogen-bond donors (Lipinski definition) is 2. The molecule has 0 aliphatic rings. The molecule has 0 fully saturated rings. The molecule has 1 heterocycles. The van der Waals surface area contributed by atoms with E-state index in [-0.39, 0.29) is 28.4 Å². The number of aryl methyl sites for hydroxylation is 1. The minimum Gasteiger partial charge on any atom is -0.401 e. The van der Waals surface area contributed by atoms with E-state index >= 15 is 0 Å². The molecule has 6 nitrogen and oxygen atoms in total. The number of Topliss-reactive ketones (excluding diaryl/α,β-unsaturated/α-hetero) is 1. The fourth-order valence-electron chi connectivity index (χ4n) is 1.51. The van der Waals surface area contributed by atoms with Crippen molar-refractivity contribution >= 4 is 17.5 Å². The first-order chi connectivity index (χ1) is 9.47. The fraction of sp³-hybridized carbons (Fsp3) is 0.385. The zero-order chi connectivity index (χ0) is 15.1. The van der Waals surface area contributed by atoms with Crippen molar-refractivity contribution in [2.75, 3.05) is 5.75 Å². The number of carbonyl (C=O) groups excluding carboxylic acids is 1. The second kappa shape index (κ2) is 7.50. The van der Waals surface area contributed by atoms with Crippen molar-refractivity contribution in [1.82, 2.24) is 9.97 Å². The van der Waals surface area contributed by atoms with Crippen LogP contribution in [0.1, 0.15) is 26.0 Å². The minimum atomic E-state index is -0.374. The summed E-state index contributed by atoms with van der Waals surface area (Å²) in [7, 11) is 0. The van der Waals surface area contributed by atoms with Gasteiger partial charge in [-0.15, -0.1) is 0 Å². The summed E-state index contributed by atoms with van der Waals surface area (Å²) in [6, 6.07) is 3.22. The molecule has 106 valence electrons. The minimum absolute atomic E-state index is 0.00987. The van der Waals surface area contributed by atoms with Gasteiger partial charge in [0, 0.05) is 17.5 Å². The topological polar surface area (TPSA) is 113 Å². The Kier molecular flexibility index (Phi) is 6.00. The van der Waals surface area contributed by atoms with E-state index in [9.17, 15) is 9.59 Å². The third kappa shape index (κ3) is 4.55. The number of allylic oxidation sites excluding steroid dienone is 2. The molecule has 7 heteroatoms. The van der Waals surface area contributed by atoms with Crippen LogP contribution in [0.3, 0.4) is 0 Å². The number of nitriles is 1. The van der Waals surface area contributed by atoms with E-state index in [1.165, 1.54) is 13.0 Å². The summed E-state index contributed by atoms with van der Waals surface area (Å²) in [5.74, 6) is -0.364. The average Bonchev–Trinajstić information content (AvgIpc) is 2.36. The molecule has 1 aromatic rings. The average molecular weight is 292 g/mol. The van der Waals surface area contributed by atoms with Crippen LogP contribution in [-0.2, 0) is 11.2 Å². The summed E-state index contributed by atoms with van der Waals surface area (Å²) in [6.45, 7) is 3.50. The number of rotatable bonds is 6. The van der Waals surface area contributed by atoms with E-state index < -0.39 is 0 Å². The van der Waals surface area contributed by atoms with Crippen LogP contribution >= 0.6 is 11.8 Å². The van der Waals surface area contributed by atoms with Crippen LogP contribution in [0.5, 0.6) is 0 Å². The van der Waals surface area contributed by atoms with Gasteiger partial charge in [-0.2, -0.15) is 5.26 Å². The van der Waals surface area contributed by atoms with Gasteiger partial charge >= 0.3 is 0 Å². The molecule has 0 aliphatic carbocycles. The lowest BCUT2D eigenvalue weighted by Gasteiger charge is -2.03. The fourth-order valence-corrected chi connectivity index (χ4v) is 2.28. The van der Waals surface area contributed by atoms with E-state index in [1.807, 2.05) is 6.92 Å². The monoisotopic (exact) mass is 292 g/mol. The number of aromatic nitrogens is 2. The Morgan fingerprint density at radius 3 is 2.85 bits per heavy atom. The van der Waals surface area contributed by atoms with Gasteiger partial charge in [0.1, 0.15) is 11.6 Å². The highest BCUT2D eigenvalue weighted by molar-refractivity contribution is 7.99. The van der Waals surface area contributed by atoms with Gasteiger partial charge in [-0.25, -0.2) is 4.98 Å². The van der Waals surface area contributed by atoms with Crippen molar-refractivity contribution in [2.45, 2.75) is 31.8 Å². The second-order valence-electron chi connectivity index (χ2n) is 4.17. The number of hydrogen-bond acceptors (Lipinski definition) is 6. The molecule has 0 radical (unpaired) electrons. The van der Waals surface area contributed by atoms with Gasteiger partial charge in [-0.3, -0.25) is 9.59 Å².